The molecule has 2 fully saturated rings. The van der Waals surface area contributed by atoms with Gasteiger partial charge in [-0.15, -0.1) is 0 Å². The molecule has 6 heteroatoms. The number of piperidine rings is 1. The van der Waals surface area contributed by atoms with Gasteiger partial charge >= 0.3 is 0 Å². The zero-order chi connectivity index (χ0) is 21.5. The fraction of sp³-hybridized carbons (Fsp3) is 0.667. The number of benzene rings is 1. The third-order valence-corrected chi connectivity index (χ3v) is 6.69. The number of amides is 2. The highest BCUT2D eigenvalue weighted by molar-refractivity contribution is 5.78. The molecule has 2 heterocycles. The highest BCUT2D eigenvalue weighted by Crippen LogP contribution is 2.23. The number of ether oxygens (including phenoxy) is 1. The maximum absolute atomic E-state index is 12.8. The van der Waals surface area contributed by atoms with Crippen molar-refractivity contribution in [2.45, 2.75) is 58.0 Å². The minimum atomic E-state index is 0.158. The summed E-state index contributed by atoms with van der Waals surface area (Å²) in [6.07, 6.45) is 4.66. The second-order valence-corrected chi connectivity index (χ2v) is 8.76. The minimum absolute atomic E-state index is 0.158. The molecule has 1 aromatic carbocycles. The number of likely N-dealkylation sites (tertiary alicyclic amines) is 1. The summed E-state index contributed by atoms with van der Waals surface area (Å²) in [7, 11) is 1.91. The third-order valence-electron chi connectivity index (χ3n) is 6.69. The molecule has 2 amide bonds. The standard InChI is InChI=1S/C24H37N3O3/c1-19-7-4-5-8-21(19)17-24(29)25(3)13-14-27(22-10-15-30-16-11-22)23-9-6-12-26(18-23)20(2)28/h4-5,7-8,22-23H,6,9-18H2,1-3H3. The molecule has 0 N–H and O–H groups in total. The van der Waals surface area contributed by atoms with Crippen molar-refractivity contribution < 1.29 is 14.3 Å². The quantitative estimate of drug-likeness (QED) is 0.687. The smallest absolute Gasteiger partial charge is 0.226 e. The summed E-state index contributed by atoms with van der Waals surface area (Å²) in [5.74, 6) is 0.322. The van der Waals surface area contributed by atoms with Crippen LogP contribution in [-0.4, -0.2) is 85.0 Å². The van der Waals surface area contributed by atoms with Crippen molar-refractivity contribution in [2.75, 3.05) is 46.4 Å². The Kier molecular flexibility index (Phi) is 8.28. The molecule has 0 saturated carbocycles. The van der Waals surface area contributed by atoms with Crippen LogP contribution in [0.3, 0.4) is 0 Å². The Balaban J connectivity index is 1.61. The Morgan fingerprint density at radius 2 is 1.83 bits per heavy atom. The van der Waals surface area contributed by atoms with Crippen LogP contribution in [0.15, 0.2) is 24.3 Å². The fourth-order valence-electron chi connectivity index (χ4n) is 4.69. The van der Waals surface area contributed by atoms with Crippen LogP contribution in [0, 0.1) is 6.92 Å². The van der Waals surface area contributed by atoms with E-state index in [9.17, 15) is 9.59 Å². The van der Waals surface area contributed by atoms with Crippen molar-refractivity contribution in [3.8, 4) is 0 Å². The van der Waals surface area contributed by atoms with Crippen molar-refractivity contribution in [2.24, 2.45) is 0 Å². The summed E-state index contributed by atoms with van der Waals surface area (Å²) in [6, 6.07) is 8.92. The van der Waals surface area contributed by atoms with Gasteiger partial charge in [-0.05, 0) is 43.7 Å². The molecular weight excluding hydrogens is 378 g/mol. The zero-order valence-corrected chi connectivity index (χ0v) is 18.8. The van der Waals surface area contributed by atoms with Crippen LogP contribution >= 0.6 is 0 Å². The highest BCUT2D eigenvalue weighted by Gasteiger charge is 2.32. The predicted molar refractivity (Wildman–Crippen MR) is 118 cm³/mol. The van der Waals surface area contributed by atoms with Crippen LogP contribution < -0.4 is 0 Å². The Morgan fingerprint density at radius 3 is 2.53 bits per heavy atom. The van der Waals surface area contributed by atoms with E-state index in [2.05, 4.69) is 17.9 Å². The number of aryl methyl sites for hydroxylation is 1. The summed E-state index contributed by atoms with van der Waals surface area (Å²) >= 11 is 0. The Hall–Kier alpha value is -1.92. The minimum Gasteiger partial charge on any atom is -0.381 e. The molecule has 3 rings (SSSR count). The first kappa shape index (κ1) is 22.8. The van der Waals surface area contributed by atoms with Crippen molar-refractivity contribution >= 4 is 11.8 Å². The Labute approximate surface area is 181 Å². The molecule has 0 bridgehead atoms. The van der Waals surface area contributed by atoms with Crippen LogP contribution in [-0.2, 0) is 20.7 Å². The molecule has 6 nitrogen and oxygen atoms in total. The SMILES string of the molecule is CC(=O)N1CCCC(N(CCN(C)C(=O)Cc2ccccc2C)C2CCOCC2)C1. The lowest BCUT2D eigenvalue weighted by Gasteiger charge is -2.44. The lowest BCUT2D eigenvalue weighted by Crippen LogP contribution is -2.55. The Bertz CT molecular complexity index is 717. The molecule has 1 atom stereocenters. The molecule has 166 valence electrons. The maximum Gasteiger partial charge on any atom is 0.226 e. The molecule has 0 spiro atoms. The van der Waals surface area contributed by atoms with Crippen LogP contribution in [0.5, 0.6) is 0 Å². The van der Waals surface area contributed by atoms with Crippen molar-refractivity contribution in [3.05, 3.63) is 35.4 Å². The first-order chi connectivity index (χ1) is 14.5. The monoisotopic (exact) mass is 415 g/mol. The normalized spacial score (nSPS) is 20.4. The topological polar surface area (TPSA) is 53.1 Å². The van der Waals surface area contributed by atoms with Gasteiger partial charge < -0.3 is 14.5 Å². The lowest BCUT2D eigenvalue weighted by molar-refractivity contribution is -0.131. The van der Waals surface area contributed by atoms with E-state index in [0.29, 0.717) is 25.0 Å². The van der Waals surface area contributed by atoms with Gasteiger partial charge in [0, 0.05) is 65.4 Å². The van der Waals surface area contributed by atoms with Crippen molar-refractivity contribution in [1.82, 2.24) is 14.7 Å². The van der Waals surface area contributed by atoms with Crippen molar-refractivity contribution in [1.29, 1.82) is 0 Å². The van der Waals surface area contributed by atoms with Gasteiger partial charge in [0.2, 0.25) is 11.8 Å². The lowest BCUT2D eigenvalue weighted by atomic mass is 9.98. The molecular formula is C24H37N3O3. The number of carbonyl (C=O) groups excluding carboxylic acids is 2. The summed E-state index contributed by atoms with van der Waals surface area (Å²) in [5, 5.41) is 0. The molecule has 0 aromatic heterocycles. The molecule has 1 unspecified atom stereocenters. The van der Waals surface area contributed by atoms with Crippen LogP contribution in [0.2, 0.25) is 0 Å². The number of nitrogens with zero attached hydrogens (tertiary/aromatic N) is 3. The van der Waals surface area contributed by atoms with E-state index < -0.39 is 0 Å². The molecule has 0 aliphatic carbocycles. The fourth-order valence-corrected chi connectivity index (χ4v) is 4.69. The number of hydrogen-bond donors (Lipinski definition) is 0. The second-order valence-electron chi connectivity index (χ2n) is 8.76. The van der Waals surface area contributed by atoms with Gasteiger partial charge in [0.05, 0.1) is 6.42 Å². The van der Waals surface area contributed by atoms with E-state index in [1.165, 1.54) is 0 Å². The number of carbonyl (C=O) groups is 2. The first-order valence-electron chi connectivity index (χ1n) is 11.3. The van der Waals surface area contributed by atoms with Gasteiger partial charge in [0.1, 0.15) is 0 Å². The molecule has 2 aliphatic heterocycles. The third kappa shape index (κ3) is 6.05. The van der Waals surface area contributed by atoms with Crippen LogP contribution in [0.25, 0.3) is 0 Å². The summed E-state index contributed by atoms with van der Waals surface area (Å²) in [5.41, 5.74) is 2.26. The number of likely N-dealkylation sites (N-methyl/N-ethyl adjacent to an activating group) is 1. The highest BCUT2D eigenvalue weighted by atomic mass is 16.5. The molecule has 30 heavy (non-hydrogen) atoms. The van der Waals surface area contributed by atoms with E-state index in [4.69, 9.17) is 4.74 Å². The maximum atomic E-state index is 12.8. The van der Waals surface area contributed by atoms with Gasteiger partial charge in [-0.3, -0.25) is 14.5 Å². The zero-order valence-electron chi connectivity index (χ0n) is 18.8. The van der Waals surface area contributed by atoms with Gasteiger partial charge in [-0.1, -0.05) is 24.3 Å². The van der Waals surface area contributed by atoms with E-state index >= 15 is 0 Å². The first-order valence-corrected chi connectivity index (χ1v) is 11.3. The molecule has 2 aliphatic rings. The van der Waals surface area contributed by atoms with Crippen LogP contribution in [0.4, 0.5) is 0 Å². The van der Waals surface area contributed by atoms with Gasteiger partial charge in [0.15, 0.2) is 0 Å². The molecule has 2 saturated heterocycles. The largest absolute Gasteiger partial charge is 0.381 e. The van der Waals surface area contributed by atoms with E-state index in [1.807, 2.05) is 35.0 Å². The summed E-state index contributed by atoms with van der Waals surface area (Å²) < 4.78 is 5.58. The number of rotatable bonds is 7. The van der Waals surface area contributed by atoms with Gasteiger partial charge in [0.25, 0.3) is 0 Å². The van der Waals surface area contributed by atoms with Gasteiger partial charge in [-0.2, -0.15) is 0 Å². The summed E-state index contributed by atoms with van der Waals surface area (Å²) in [4.78, 5) is 31.1. The van der Waals surface area contributed by atoms with Crippen LogP contribution in [0.1, 0.15) is 43.7 Å². The average molecular weight is 416 g/mol. The van der Waals surface area contributed by atoms with Gasteiger partial charge in [-0.25, -0.2) is 0 Å². The van der Waals surface area contributed by atoms with E-state index in [-0.39, 0.29) is 11.8 Å². The predicted octanol–water partition coefficient (Wildman–Crippen LogP) is 2.49. The number of hydrogen-bond acceptors (Lipinski definition) is 4. The second kappa shape index (κ2) is 10.9. The van der Waals surface area contributed by atoms with E-state index in [1.54, 1.807) is 6.92 Å². The Morgan fingerprint density at radius 1 is 1.10 bits per heavy atom. The van der Waals surface area contributed by atoms with E-state index in [0.717, 1.165) is 69.7 Å². The molecule has 1 aromatic rings. The summed E-state index contributed by atoms with van der Waals surface area (Å²) in [6.45, 7) is 8.53. The van der Waals surface area contributed by atoms with Crippen molar-refractivity contribution in [3.63, 3.8) is 0 Å². The molecule has 0 radical (unpaired) electrons. The average Bonchev–Trinajstić information content (AvgIpc) is 2.76.